The zero-order valence-electron chi connectivity index (χ0n) is 11.1. The number of nitrogens with one attached hydrogen (secondary N) is 1. The predicted molar refractivity (Wildman–Crippen MR) is 68.9 cm³/mol. The number of ether oxygens (including phenoxy) is 1. The highest BCUT2D eigenvalue weighted by Gasteiger charge is 2.57. The third kappa shape index (κ3) is 3.29. The van der Waals surface area contributed by atoms with Crippen LogP contribution in [-0.4, -0.2) is 29.6 Å². The van der Waals surface area contributed by atoms with E-state index < -0.39 is 29.9 Å². The number of hydrogen-bond donors (Lipinski definition) is 2. The van der Waals surface area contributed by atoms with E-state index in [1.807, 2.05) is 6.07 Å². The summed E-state index contributed by atoms with van der Waals surface area (Å²) < 4.78 is 30.4. The number of hydrogen-bond acceptors (Lipinski definition) is 3. The largest absolute Gasteiger partial charge is 0.481 e. The average molecular weight is 299 g/mol. The van der Waals surface area contributed by atoms with Crippen LogP contribution in [0.25, 0.3) is 0 Å². The number of carboxylic acids is 1. The molecule has 0 bridgehead atoms. The molecule has 21 heavy (non-hydrogen) atoms. The van der Waals surface area contributed by atoms with Crippen molar-refractivity contribution in [1.29, 1.82) is 0 Å². The predicted octanol–water partition coefficient (Wildman–Crippen LogP) is 2.41. The quantitative estimate of drug-likeness (QED) is 0.875. The molecule has 0 aromatic heterocycles. The summed E-state index contributed by atoms with van der Waals surface area (Å²) in [5, 5.41) is 11.2. The highest BCUT2D eigenvalue weighted by Crippen LogP contribution is 2.46. The van der Waals surface area contributed by atoms with E-state index in [0.717, 1.165) is 5.56 Å². The summed E-state index contributed by atoms with van der Waals surface area (Å²) in [5.74, 6) is -1.53. The van der Waals surface area contributed by atoms with Gasteiger partial charge in [-0.1, -0.05) is 30.3 Å². The maximum atomic E-state index is 12.7. The Morgan fingerprint density at radius 1 is 1.33 bits per heavy atom. The Balaban J connectivity index is 1.77. The molecule has 0 radical (unpaired) electrons. The van der Waals surface area contributed by atoms with E-state index in [2.05, 4.69) is 5.32 Å². The Kier molecular flexibility index (Phi) is 4.40. The number of carboxylic acid groups (broad SMARTS) is 1. The maximum Gasteiger partial charge on any atom is 0.407 e. The van der Waals surface area contributed by atoms with Gasteiger partial charge in [0.05, 0.1) is 0 Å². The number of aliphatic carboxylic acids is 1. The first-order valence-electron chi connectivity index (χ1n) is 6.43. The molecule has 1 fully saturated rings. The topological polar surface area (TPSA) is 75.6 Å². The summed E-state index contributed by atoms with van der Waals surface area (Å²) in [6.45, 7) is 0.0678. The van der Waals surface area contributed by atoms with Crippen LogP contribution in [-0.2, 0) is 16.1 Å². The normalized spacial score (nSPS) is 24.2. The van der Waals surface area contributed by atoms with Crippen LogP contribution in [0.3, 0.4) is 0 Å². The average Bonchev–Trinajstić information content (AvgIpc) is 2.40. The van der Waals surface area contributed by atoms with Crippen molar-refractivity contribution >= 4 is 12.1 Å². The van der Waals surface area contributed by atoms with Crippen LogP contribution in [0.2, 0.25) is 0 Å². The van der Waals surface area contributed by atoms with Gasteiger partial charge in [0, 0.05) is 6.04 Å². The summed E-state index contributed by atoms with van der Waals surface area (Å²) >= 11 is 0. The highest BCUT2D eigenvalue weighted by molar-refractivity contribution is 5.77. The fraction of sp³-hybridized carbons (Fsp3) is 0.429. The van der Waals surface area contributed by atoms with Crippen molar-refractivity contribution < 1.29 is 28.2 Å². The molecular formula is C14H15F2NO4. The smallest absolute Gasteiger partial charge is 0.407 e. The summed E-state index contributed by atoms with van der Waals surface area (Å²) in [6.07, 6.45) is -4.27. The van der Waals surface area contributed by atoms with E-state index in [9.17, 15) is 18.4 Å². The number of benzene rings is 1. The third-order valence-electron chi connectivity index (χ3n) is 3.60. The molecule has 1 aliphatic rings. The van der Waals surface area contributed by atoms with Crippen LogP contribution in [0, 0.1) is 5.41 Å². The van der Waals surface area contributed by atoms with Crippen molar-refractivity contribution in [2.24, 2.45) is 5.41 Å². The molecule has 0 atom stereocenters. The molecule has 2 rings (SSSR count). The van der Waals surface area contributed by atoms with Gasteiger partial charge in [-0.25, -0.2) is 13.6 Å². The second-order valence-corrected chi connectivity index (χ2v) is 5.07. The first-order valence-corrected chi connectivity index (χ1v) is 6.43. The van der Waals surface area contributed by atoms with E-state index in [1.165, 1.54) is 0 Å². The van der Waals surface area contributed by atoms with Gasteiger partial charge in [0.25, 0.3) is 6.43 Å². The van der Waals surface area contributed by atoms with Gasteiger partial charge in [-0.2, -0.15) is 0 Å². The summed E-state index contributed by atoms with van der Waals surface area (Å²) in [4.78, 5) is 22.4. The number of halogens is 2. The van der Waals surface area contributed by atoms with Gasteiger partial charge in [0.1, 0.15) is 12.0 Å². The fourth-order valence-electron chi connectivity index (χ4n) is 2.30. The molecule has 0 unspecified atom stereocenters. The number of alkyl halides is 2. The lowest BCUT2D eigenvalue weighted by Gasteiger charge is -2.43. The van der Waals surface area contributed by atoms with E-state index in [4.69, 9.17) is 9.84 Å². The standard InChI is InChI=1S/C14H15F2NO4/c15-11(16)14(12(18)19)6-10(7-14)17-13(20)21-8-9-4-2-1-3-5-9/h1-5,10-11H,6-8H2,(H,17,20)(H,18,19). The molecule has 114 valence electrons. The zero-order valence-corrected chi connectivity index (χ0v) is 11.1. The summed E-state index contributed by atoms with van der Waals surface area (Å²) in [7, 11) is 0. The Morgan fingerprint density at radius 2 is 1.95 bits per heavy atom. The highest BCUT2D eigenvalue weighted by atomic mass is 19.3. The number of carbonyl (C=O) groups is 2. The molecule has 2 N–H and O–H groups in total. The van der Waals surface area contributed by atoms with Crippen LogP contribution in [0.5, 0.6) is 0 Å². The maximum absolute atomic E-state index is 12.7. The molecule has 0 saturated heterocycles. The van der Waals surface area contributed by atoms with Gasteiger partial charge >= 0.3 is 12.1 Å². The number of amides is 1. The van der Waals surface area contributed by atoms with Crippen LogP contribution in [0.4, 0.5) is 13.6 Å². The van der Waals surface area contributed by atoms with Gasteiger partial charge in [-0.15, -0.1) is 0 Å². The number of carbonyl (C=O) groups excluding carboxylic acids is 1. The zero-order chi connectivity index (χ0) is 15.5. The molecule has 1 aromatic rings. The minimum atomic E-state index is -2.95. The molecule has 5 nitrogen and oxygen atoms in total. The lowest BCUT2D eigenvalue weighted by Crippen LogP contribution is -2.57. The molecule has 1 aliphatic carbocycles. The molecular weight excluding hydrogens is 284 g/mol. The molecule has 0 spiro atoms. The van der Waals surface area contributed by atoms with Crippen molar-refractivity contribution in [2.75, 3.05) is 0 Å². The second kappa shape index (κ2) is 6.07. The van der Waals surface area contributed by atoms with Crippen LogP contribution in [0.1, 0.15) is 18.4 Å². The monoisotopic (exact) mass is 299 g/mol. The van der Waals surface area contributed by atoms with Gasteiger partial charge in [0.15, 0.2) is 0 Å². The van der Waals surface area contributed by atoms with E-state index in [-0.39, 0.29) is 19.4 Å². The SMILES string of the molecule is O=C(NC1CC(C(=O)O)(C(F)F)C1)OCc1ccccc1. The van der Waals surface area contributed by atoms with E-state index in [1.54, 1.807) is 24.3 Å². The summed E-state index contributed by atoms with van der Waals surface area (Å²) in [6, 6.07) is 8.39. The van der Waals surface area contributed by atoms with Crippen LogP contribution >= 0.6 is 0 Å². The van der Waals surface area contributed by atoms with Gasteiger partial charge in [-0.3, -0.25) is 4.79 Å². The molecule has 1 saturated carbocycles. The van der Waals surface area contributed by atoms with Gasteiger partial charge in [0.2, 0.25) is 0 Å². The third-order valence-corrected chi connectivity index (χ3v) is 3.60. The first-order chi connectivity index (χ1) is 9.94. The van der Waals surface area contributed by atoms with Gasteiger partial charge in [-0.05, 0) is 18.4 Å². The molecule has 0 heterocycles. The molecule has 1 amide bonds. The number of alkyl carbamates (subject to hydrolysis) is 1. The van der Waals surface area contributed by atoms with Crippen molar-refractivity contribution in [2.45, 2.75) is 31.9 Å². The summed E-state index contributed by atoms with van der Waals surface area (Å²) in [5.41, 5.74) is -1.24. The Bertz CT molecular complexity index is 515. The number of rotatable bonds is 5. The van der Waals surface area contributed by atoms with Crippen LogP contribution < -0.4 is 5.32 Å². The Morgan fingerprint density at radius 3 is 2.48 bits per heavy atom. The fourth-order valence-corrected chi connectivity index (χ4v) is 2.30. The minimum Gasteiger partial charge on any atom is -0.481 e. The lowest BCUT2D eigenvalue weighted by molar-refractivity contribution is -0.172. The van der Waals surface area contributed by atoms with Crippen molar-refractivity contribution in [3.63, 3.8) is 0 Å². The van der Waals surface area contributed by atoms with E-state index >= 15 is 0 Å². The van der Waals surface area contributed by atoms with E-state index in [0.29, 0.717) is 0 Å². The Hall–Kier alpha value is -2.18. The second-order valence-electron chi connectivity index (χ2n) is 5.07. The molecule has 7 heteroatoms. The van der Waals surface area contributed by atoms with Crippen molar-refractivity contribution in [3.8, 4) is 0 Å². The molecule has 1 aromatic carbocycles. The van der Waals surface area contributed by atoms with Crippen molar-refractivity contribution in [1.82, 2.24) is 5.32 Å². The van der Waals surface area contributed by atoms with Crippen LogP contribution in [0.15, 0.2) is 30.3 Å². The molecule has 0 aliphatic heterocycles. The van der Waals surface area contributed by atoms with Gasteiger partial charge < -0.3 is 15.2 Å². The minimum absolute atomic E-state index is 0.0678. The van der Waals surface area contributed by atoms with Crippen molar-refractivity contribution in [3.05, 3.63) is 35.9 Å². The lowest BCUT2D eigenvalue weighted by atomic mass is 9.65. The Labute approximate surface area is 119 Å². The first kappa shape index (κ1) is 15.2.